The Balaban J connectivity index is 1.50. The summed E-state index contributed by atoms with van der Waals surface area (Å²) in [5.74, 6) is 1.41. The molecule has 5 rings (SSSR count). The Morgan fingerprint density at radius 3 is 2.79 bits per heavy atom. The van der Waals surface area contributed by atoms with E-state index in [2.05, 4.69) is 34.2 Å². The number of rotatable bonds is 6. The molecule has 0 atom stereocenters. The molecule has 10 heteroatoms. The molecule has 0 aliphatic carbocycles. The molecule has 1 amide bonds. The van der Waals surface area contributed by atoms with Gasteiger partial charge in [-0.15, -0.1) is 0 Å². The molecule has 34 heavy (non-hydrogen) atoms. The number of nitrogens with two attached hydrogens (primary N) is 1. The number of nitrogens with one attached hydrogen (secondary N) is 1. The average molecular weight is 563 g/mol. The van der Waals surface area contributed by atoms with E-state index in [0.29, 0.717) is 35.3 Å². The molecule has 1 aliphatic heterocycles. The molecule has 4 aromatic heterocycles. The predicted molar refractivity (Wildman–Crippen MR) is 132 cm³/mol. The van der Waals surface area contributed by atoms with Crippen LogP contribution in [0.25, 0.3) is 11.5 Å². The first-order chi connectivity index (χ1) is 16.5. The van der Waals surface area contributed by atoms with Gasteiger partial charge in [-0.3, -0.25) is 0 Å². The van der Waals surface area contributed by atoms with Crippen LogP contribution in [0.2, 0.25) is 8.87 Å². The summed E-state index contributed by atoms with van der Waals surface area (Å²) in [5.41, 5.74) is 8.77. The van der Waals surface area contributed by atoms with Crippen molar-refractivity contribution in [3.63, 3.8) is 0 Å². The fraction of sp³-hybridized carbons (Fsp3) is 0.375. The first-order valence-corrected chi connectivity index (χ1v) is 15.6. The third-order valence-electron chi connectivity index (χ3n) is 6.51. The molecule has 5 heterocycles. The maximum absolute atomic E-state index is 13.2. The third kappa shape index (κ3) is 4.46. The van der Waals surface area contributed by atoms with Gasteiger partial charge in [-0.25, -0.2) is 0 Å². The van der Waals surface area contributed by atoms with Crippen molar-refractivity contribution in [3.8, 4) is 5.82 Å². The van der Waals surface area contributed by atoms with Gasteiger partial charge in [-0.2, -0.15) is 0 Å². The molecule has 3 N–H and O–H groups in total. The molecule has 9 nitrogen and oxygen atoms in total. The van der Waals surface area contributed by atoms with Gasteiger partial charge in [-0.05, 0) is 6.07 Å². The van der Waals surface area contributed by atoms with E-state index in [1.54, 1.807) is 27.7 Å². The second-order valence-electron chi connectivity index (χ2n) is 9.28. The zero-order chi connectivity index (χ0) is 23.7. The molecule has 0 unspecified atom stereocenters. The zero-order valence-electron chi connectivity index (χ0n) is 19.4. The van der Waals surface area contributed by atoms with Crippen LogP contribution in [0.5, 0.6) is 0 Å². The van der Waals surface area contributed by atoms with Gasteiger partial charge in [0.05, 0.1) is 0 Å². The van der Waals surface area contributed by atoms with E-state index < -0.39 is 0 Å². The molecule has 0 bridgehead atoms. The number of pyridine rings is 1. The Bertz CT molecular complexity index is 1300. The Morgan fingerprint density at radius 1 is 1.24 bits per heavy atom. The topological polar surface area (TPSA) is 116 Å². The second kappa shape index (κ2) is 9.46. The SMILES string of the molecule is CC(C)(CN)c1ccc(-n2nc(C3C[CH2][Sn][CH2]C3)cc2NC(=O)c2cnn3cccnc23)nc1. The molecular formula is C24H28N8OSn. The van der Waals surface area contributed by atoms with E-state index in [0.717, 1.165) is 11.3 Å². The summed E-state index contributed by atoms with van der Waals surface area (Å²) >= 11 is -0.176. The van der Waals surface area contributed by atoms with Gasteiger partial charge >= 0.3 is 197 Å². The van der Waals surface area contributed by atoms with Crippen LogP contribution in [-0.4, -0.2) is 63.0 Å². The Kier molecular flexibility index (Phi) is 6.39. The third-order valence-corrected chi connectivity index (χ3v) is 10.2. The number of fused-ring (bicyclic) bond motifs is 1. The number of amides is 1. The number of hydrogen-bond acceptors (Lipinski definition) is 6. The van der Waals surface area contributed by atoms with Crippen LogP contribution in [0, 0.1) is 0 Å². The molecule has 0 spiro atoms. The molecule has 0 saturated carbocycles. The van der Waals surface area contributed by atoms with E-state index in [1.165, 1.54) is 27.9 Å². The molecule has 4 aromatic rings. The minimum absolute atomic E-state index is 0.165. The normalized spacial score (nSPS) is 15.0. The van der Waals surface area contributed by atoms with Gasteiger partial charge in [0.2, 0.25) is 0 Å². The Hall–Kier alpha value is -2.79. The van der Waals surface area contributed by atoms with E-state index in [9.17, 15) is 4.79 Å². The summed E-state index contributed by atoms with van der Waals surface area (Å²) in [4.78, 5) is 22.2. The molecule has 1 aliphatic rings. The van der Waals surface area contributed by atoms with Crippen molar-refractivity contribution in [2.24, 2.45) is 5.73 Å². The van der Waals surface area contributed by atoms with Crippen LogP contribution in [0.3, 0.4) is 0 Å². The van der Waals surface area contributed by atoms with Gasteiger partial charge < -0.3 is 5.73 Å². The molecular weight excluding hydrogens is 535 g/mol. The van der Waals surface area contributed by atoms with Crippen molar-refractivity contribution in [2.75, 3.05) is 11.9 Å². The standard InChI is InChI=1S/C24H28N8O.Sn/c1-5-16(6-2)19-12-21(29-23(33)18-14-28-31-11-7-10-26-22(18)31)32(30-19)20-9-8-17(13-27-20)24(3,4)15-25;/h7-14,16H,1-2,5-6,15,25H2,3-4H3,(H,29,33);. The fourth-order valence-electron chi connectivity index (χ4n) is 4.18. The predicted octanol–water partition coefficient (Wildman–Crippen LogP) is 3.22. The number of carbonyl (C=O) groups is 1. The van der Waals surface area contributed by atoms with Crippen molar-refractivity contribution in [1.29, 1.82) is 0 Å². The van der Waals surface area contributed by atoms with Crippen LogP contribution < -0.4 is 11.1 Å². The summed E-state index contributed by atoms with van der Waals surface area (Å²) in [5, 5.41) is 12.2. The zero-order valence-corrected chi connectivity index (χ0v) is 22.3. The van der Waals surface area contributed by atoms with Crippen LogP contribution in [0.15, 0.2) is 49.1 Å². The summed E-state index contributed by atoms with van der Waals surface area (Å²) in [6.07, 6.45) is 9.17. The van der Waals surface area contributed by atoms with Crippen LogP contribution in [0.1, 0.15) is 54.2 Å². The van der Waals surface area contributed by atoms with Crippen LogP contribution in [-0.2, 0) is 5.41 Å². The van der Waals surface area contributed by atoms with Crippen molar-refractivity contribution in [1.82, 2.24) is 29.4 Å². The molecule has 174 valence electrons. The van der Waals surface area contributed by atoms with Crippen molar-refractivity contribution in [3.05, 3.63) is 65.9 Å². The van der Waals surface area contributed by atoms with Crippen molar-refractivity contribution < 1.29 is 4.79 Å². The number of anilines is 1. The number of hydrogen-bond donors (Lipinski definition) is 2. The number of nitrogens with zero attached hydrogens (tertiary/aromatic N) is 6. The maximum atomic E-state index is 13.2. The van der Waals surface area contributed by atoms with Gasteiger partial charge in [0.1, 0.15) is 0 Å². The Labute approximate surface area is 208 Å². The van der Waals surface area contributed by atoms with Gasteiger partial charge in [-0.1, -0.05) is 0 Å². The summed E-state index contributed by atoms with van der Waals surface area (Å²) in [6, 6.07) is 7.74. The second-order valence-corrected chi connectivity index (χ2v) is 13.6. The van der Waals surface area contributed by atoms with Gasteiger partial charge in [0, 0.05) is 0 Å². The van der Waals surface area contributed by atoms with Crippen molar-refractivity contribution >= 4 is 38.5 Å². The molecule has 0 aromatic carbocycles. The number of carbonyl (C=O) groups excluding carboxylic acids is 1. The summed E-state index contributed by atoms with van der Waals surface area (Å²) in [7, 11) is 0. The fourth-order valence-corrected chi connectivity index (χ4v) is 8.05. The van der Waals surface area contributed by atoms with E-state index in [1.807, 2.05) is 24.4 Å². The minimum atomic E-state index is -0.278. The first kappa shape index (κ1) is 23.0. The average Bonchev–Trinajstić information content (AvgIpc) is 3.49. The van der Waals surface area contributed by atoms with E-state index in [-0.39, 0.29) is 32.5 Å². The molecule has 1 fully saturated rings. The van der Waals surface area contributed by atoms with Crippen LogP contribution in [0.4, 0.5) is 5.82 Å². The first-order valence-electron chi connectivity index (χ1n) is 11.5. The van der Waals surface area contributed by atoms with E-state index in [4.69, 9.17) is 10.8 Å². The van der Waals surface area contributed by atoms with Crippen LogP contribution >= 0.6 is 0 Å². The number of aromatic nitrogens is 6. The van der Waals surface area contributed by atoms with Gasteiger partial charge in [0.25, 0.3) is 0 Å². The monoisotopic (exact) mass is 564 g/mol. The quantitative estimate of drug-likeness (QED) is 0.349. The van der Waals surface area contributed by atoms with Crippen molar-refractivity contribution in [2.45, 2.75) is 46.9 Å². The van der Waals surface area contributed by atoms with E-state index >= 15 is 0 Å². The summed E-state index contributed by atoms with van der Waals surface area (Å²) < 4.78 is 6.07. The molecule has 1 saturated heterocycles. The molecule has 2 radical (unpaired) electrons. The van der Waals surface area contributed by atoms with Gasteiger partial charge in [0.15, 0.2) is 0 Å². The summed E-state index contributed by atoms with van der Waals surface area (Å²) in [6.45, 7) is 4.72. The Morgan fingerprint density at radius 2 is 2.06 bits per heavy atom.